The Hall–Kier alpha value is -1.37. The van der Waals surface area contributed by atoms with E-state index in [0.29, 0.717) is 0 Å². The van der Waals surface area contributed by atoms with Crippen molar-refractivity contribution in [1.29, 1.82) is 5.26 Å². The van der Waals surface area contributed by atoms with Crippen LogP contribution in [0.2, 0.25) is 0 Å². The van der Waals surface area contributed by atoms with Gasteiger partial charge in [-0.2, -0.15) is 5.26 Å². The normalized spacial score (nSPS) is 37.2. The van der Waals surface area contributed by atoms with Gasteiger partial charge < -0.3 is 5.11 Å². The standard InChI is InChI=1S/C15H20N2O/c1-11-9-17(3)14(12(2)15(11,18)10-16)13-7-5-4-6-8-13/h4-8,11-12,14,18H,9H2,1-3H3/t11-,12-,14-,15-/m0/s1. The Morgan fingerprint density at radius 2 is 1.94 bits per heavy atom. The maximum Gasteiger partial charge on any atom is 0.159 e. The maximum atomic E-state index is 10.6. The fourth-order valence-electron chi connectivity index (χ4n) is 3.16. The molecule has 1 N–H and O–H groups in total. The second-order valence-electron chi connectivity index (χ2n) is 5.42. The molecule has 2 rings (SSSR count). The summed E-state index contributed by atoms with van der Waals surface area (Å²) in [6.45, 7) is 4.64. The van der Waals surface area contributed by atoms with Gasteiger partial charge in [0.1, 0.15) is 0 Å². The molecule has 1 aliphatic rings. The topological polar surface area (TPSA) is 47.3 Å². The van der Waals surface area contributed by atoms with E-state index in [0.717, 1.165) is 12.1 Å². The van der Waals surface area contributed by atoms with Gasteiger partial charge in [0.25, 0.3) is 0 Å². The Kier molecular flexibility index (Phi) is 3.43. The molecule has 0 saturated carbocycles. The van der Waals surface area contributed by atoms with E-state index in [1.807, 2.05) is 32.0 Å². The molecule has 0 unspecified atom stereocenters. The average molecular weight is 244 g/mol. The number of aliphatic hydroxyl groups is 1. The second kappa shape index (κ2) is 4.72. The van der Waals surface area contributed by atoms with Gasteiger partial charge in [-0.1, -0.05) is 44.2 Å². The van der Waals surface area contributed by atoms with Crippen LogP contribution in [0.5, 0.6) is 0 Å². The van der Waals surface area contributed by atoms with Crippen LogP contribution in [0.3, 0.4) is 0 Å². The summed E-state index contributed by atoms with van der Waals surface area (Å²) in [5, 5.41) is 19.9. The summed E-state index contributed by atoms with van der Waals surface area (Å²) in [5.41, 5.74) is -0.0828. The van der Waals surface area contributed by atoms with Crippen molar-refractivity contribution in [2.24, 2.45) is 11.8 Å². The van der Waals surface area contributed by atoms with Gasteiger partial charge in [-0.25, -0.2) is 0 Å². The lowest BCUT2D eigenvalue weighted by Crippen LogP contribution is -2.55. The van der Waals surface area contributed by atoms with E-state index in [-0.39, 0.29) is 17.9 Å². The minimum atomic E-state index is -1.24. The fraction of sp³-hybridized carbons (Fsp3) is 0.533. The highest BCUT2D eigenvalue weighted by molar-refractivity contribution is 5.24. The highest BCUT2D eigenvalue weighted by Crippen LogP contribution is 2.43. The van der Waals surface area contributed by atoms with Crippen molar-refractivity contribution in [3.05, 3.63) is 35.9 Å². The van der Waals surface area contributed by atoms with Gasteiger partial charge in [-0.05, 0) is 12.6 Å². The molecule has 96 valence electrons. The second-order valence-corrected chi connectivity index (χ2v) is 5.42. The molecule has 1 aliphatic heterocycles. The number of piperidine rings is 1. The third-order valence-electron chi connectivity index (χ3n) is 4.28. The van der Waals surface area contributed by atoms with Gasteiger partial charge >= 0.3 is 0 Å². The van der Waals surface area contributed by atoms with Crippen molar-refractivity contribution in [2.45, 2.75) is 25.5 Å². The van der Waals surface area contributed by atoms with Crippen LogP contribution in [0.1, 0.15) is 25.5 Å². The number of likely N-dealkylation sites (tertiary alicyclic amines) is 1. The summed E-state index contributed by atoms with van der Waals surface area (Å²) in [6, 6.07) is 12.3. The van der Waals surface area contributed by atoms with Crippen molar-refractivity contribution >= 4 is 0 Å². The van der Waals surface area contributed by atoms with E-state index in [1.165, 1.54) is 0 Å². The molecule has 1 heterocycles. The van der Waals surface area contributed by atoms with Crippen LogP contribution >= 0.6 is 0 Å². The molecule has 0 aromatic heterocycles. The van der Waals surface area contributed by atoms with E-state index >= 15 is 0 Å². The van der Waals surface area contributed by atoms with Crippen LogP contribution in [0.25, 0.3) is 0 Å². The quantitative estimate of drug-likeness (QED) is 0.770. The molecule has 3 heteroatoms. The predicted octanol–water partition coefficient (Wildman–Crippen LogP) is 2.20. The number of nitrogens with zero attached hydrogens (tertiary/aromatic N) is 2. The molecule has 1 fully saturated rings. The fourth-order valence-corrected chi connectivity index (χ4v) is 3.16. The molecular formula is C15H20N2O. The van der Waals surface area contributed by atoms with Gasteiger partial charge in [0, 0.05) is 24.4 Å². The summed E-state index contributed by atoms with van der Waals surface area (Å²) in [6.07, 6.45) is 0. The first-order chi connectivity index (χ1) is 8.50. The first-order valence-electron chi connectivity index (χ1n) is 6.39. The predicted molar refractivity (Wildman–Crippen MR) is 70.7 cm³/mol. The first kappa shape index (κ1) is 13.1. The third kappa shape index (κ3) is 1.92. The van der Waals surface area contributed by atoms with Crippen LogP contribution in [-0.2, 0) is 0 Å². The SMILES string of the molecule is C[C@H]1CN(C)[C@H](c2ccccc2)[C@H](C)[C@]1(O)C#N. The molecule has 0 aliphatic carbocycles. The molecule has 18 heavy (non-hydrogen) atoms. The molecule has 0 amide bonds. The molecule has 0 spiro atoms. The molecule has 0 bridgehead atoms. The van der Waals surface area contributed by atoms with Crippen LogP contribution in [0.15, 0.2) is 30.3 Å². The molecule has 1 aromatic rings. The molecule has 0 radical (unpaired) electrons. The highest BCUT2D eigenvalue weighted by atomic mass is 16.3. The lowest BCUT2D eigenvalue weighted by Gasteiger charge is -2.48. The smallest absolute Gasteiger partial charge is 0.159 e. The van der Waals surface area contributed by atoms with Crippen LogP contribution in [0.4, 0.5) is 0 Å². The average Bonchev–Trinajstić information content (AvgIpc) is 2.37. The van der Waals surface area contributed by atoms with Gasteiger partial charge in [0.05, 0.1) is 6.07 Å². The van der Waals surface area contributed by atoms with Crippen molar-refractivity contribution < 1.29 is 5.11 Å². The van der Waals surface area contributed by atoms with Crippen LogP contribution < -0.4 is 0 Å². The van der Waals surface area contributed by atoms with Crippen LogP contribution in [-0.4, -0.2) is 29.2 Å². The molecular weight excluding hydrogens is 224 g/mol. The summed E-state index contributed by atoms with van der Waals surface area (Å²) in [7, 11) is 2.06. The first-order valence-corrected chi connectivity index (χ1v) is 6.39. The Morgan fingerprint density at radius 1 is 1.33 bits per heavy atom. The van der Waals surface area contributed by atoms with E-state index in [2.05, 4.69) is 30.1 Å². The van der Waals surface area contributed by atoms with Crippen molar-refractivity contribution in [1.82, 2.24) is 4.90 Å². The minimum absolute atomic E-state index is 0.0394. The molecule has 1 saturated heterocycles. The van der Waals surface area contributed by atoms with Gasteiger partial charge in [-0.15, -0.1) is 0 Å². The molecule has 3 nitrogen and oxygen atoms in total. The maximum absolute atomic E-state index is 10.6. The minimum Gasteiger partial charge on any atom is -0.375 e. The van der Waals surface area contributed by atoms with Crippen LogP contribution in [0, 0.1) is 23.2 Å². The molecule has 4 atom stereocenters. The van der Waals surface area contributed by atoms with Crippen molar-refractivity contribution in [2.75, 3.05) is 13.6 Å². The largest absolute Gasteiger partial charge is 0.375 e. The monoisotopic (exact) mass is 244 g/mol. The Labute approximate surface area is 109 Å². The van der Waals surface area contributed by atoms with Gasteiger partial charge in [0.15, 0.2) is 5.60 Å². The molecule has 1 aromatic carbocycles. The zero-order chi connectivity index (χ0) is 13.3. The highest BCUT2D eigenvalue weighted by Gasteiger charge is 2.49. The number of benzene rings is 1. The Morgan fingerprint density at radius 3 is 2.50 bits per heavy atom. The number of hydrogen-bond donors (Lipinski definition) is 1. The number of nitriles is 1. The summed E-state index contributed by atoms with van der Waals surface area (Å²) in [4.78, 5) is 2.23. The third-order valence-corrected chi connectivity index (χ3v) is 4.28. The van der Waals surface area contributed by atoms with Crippen molar-refractivity contribution in [3.63, 3.8) is 0 Å². The Balaban J connectivity index is 2.39. The lowest BCUT2D eigenvalue weighted by atomic mass is 9.70. The zero-order valence-corrected chi connectivity index (χ0v) is 11.2. The van der Waals surface area contributed by atoms with Crippen molar-refractivity contribution in [3.8, 4) is 6.07 Å². The number of hydrogen-bond acceptors (Lipinski definition) is 3. The zero-order valence-electron chi connectivity index (χ0n) is 11.2. The van der Waals surface area contributed by atoms with E-state index in [4.69, 9.17) is 0 Å². The summed E-state index contributed by atoms with van der Waals surface area (Å²) in [5.74, 6) is -0.152. The Bertz CT molecular complexity index is 453. The number of rotatable bonds is 1. The summed E-state index contributed by atoms with van der Waals surface area (Å²) < 4.78 is 0. The van der Waals surface area contributed by atoms with E-state index in [9.17, 15) is 10.4 Å². The van der Waals surface area contributed by atoms with E-state index in [1.54, 1.807) is 0 Å². The van der Waals surface area contributed by atoms with E-state index < -0.39 is 5.60 Å². The van der Waals surface area contributed by atoms with Gasteiger partial charge in [-0.3, -0.25) is 4.90 Å². The van der Waals surface area contributed by atoms with Gasteiger partial charge in [0.2, 0.25) is 0 Å². The summed E-state index contributed by atoms with van der Waals surface area (Å²) >= 11 is 0. The lowest BCUT2D eigenvalue weighted by molar-refractivity contribution is -0.0878.